The van der Waals surface area contributed by atoms with Gasteiger partial charge in [-0.15, -0.1) is 11.3 Å². The van der Waals surface area contributed by atoms with Gasteiger partial charge in [0.2, 0.25) is 5.56 Å². The van der Waals surface area contributed by atoms with E-state index >= 15 is 0 Å². The van der Waals surface area contributed by atoms with Crippen molar-refractivity contribution in [2.75, 3.05) is 0 Å². The number of fused-ring (bicyclic) bond motifs is 1. The van der Waals surface area contributed by atoms with E-state index in [4.69, 9.17) is 0 Å². The topological polar surface area (TPSA) is 62.0 Å². The molecule has 0 fully saturated rings. The molecule has 2 aromatic heterocycles. The first-order valence-corrected chi connectivity index (χ1v) is 7.49. The first-order valence-electron chi connectivity index (χ1n) is 6.61. The Bertz CT molecular complexity index is 837. The summed E-state index contributed by atoms with van der Waals surface area (Å²) in [5, 5.41) is 5.65. The number of aromatic nitrogens is 1. The van der Waals surface area contributed by atoms with Crippen molar-refractivity contribution in [2.45, 2.75) is 13.0 Å². The number of thiophene rings is 1. The number of carbonyl (C=O) groups excluding carboxylic acids is 1. The van der Waals surface area contributed by atoms with Crippen LogP contribution < -0.4 is 10.9 Å². The summed E-state index contributed by atoms with van der Waals surface area (Å²) in [7, 11) is 0. The fourth-order valence-electron chi connectivity index (χ4n) is 2.28. The minimum Gasteiger partial charge on any atom is -0.345 e. The second kappa shape index (κ2) is 5.54. The quantitative estimate of drug-likeness (QED) is 0.780. The standard InChI is InChI=1S/C16H14N2O2S/c1-10(14-7-4-8-21-14)17-16(20)12-9-15(19)18-13-6-3-2-5-11(12)13/h2-10H,1H3,(H,17,20)(H,18,19)/t10-/m0/s1. The second-order valence-electron chi connectivity index (χ2n) is 4.80. The average Bonchev–Trinajstić information content (AvgIpc) is 3.00. The van der Waals surface area contributed by atoms with Crippen LogP contribution in [0.3, 0.4) is 0 Å². The maximum absolute atomic E-state index is 12.5. The number of rotatable bonds is 3. The molecule has 3 rings (SSSR count). The van der Waals surface area contributed by atoms with Crippen LogP contribution in [0.25, 0.3) is 10.9 Å². The number of carbonyl (C=O) groups is 1. The predicted molar refractivity (Wildman–Crippen MR) is 84.8 cm³/mol. The summed E-state index contributed by atoms with van der Waals surface area (Å²) in [5.74, 6) is -0.238. The number of hydrogen-bond acceptors (Lipinski definition) is 3. The monoisotopic (exact) mass is 298 g/mol. The molecule has 0 aliphatic rings. The molecule has 0 saturated carbocycles. The fourth-order valence-corrected chi connectivity index (χ4v) is 3.01. The Kier molecular flexibility index (Phi) is 3.58. The van der Waals surface area contributed by atoms with E-state index < -0.39 is 0 Å². The van der Waals surface area contributed by atoms with Gasteiger partial charge in [-0.3, -0.25) is 9.59 Å². The molecule has 1 amide bonds. The molecule has 0 radical (unpaired) electrons. The molecule has 0 bridgehead atoms. The summed E-state index contributed by atoms with van der Waals surface area (Å²) in [4.78, 5) is 28.0. The first kappa shape index (κ1) is 13.6. The average molecular weight is 298 g/mol. The normalized spacial score (nSPS) is 12.2. The third-order valence-corrected chi connectivity index (χ3v) is 4.37. The zero-order valence-electron chi connectivity index (χ0n) is 11.4. The van der Waals surface area contributed by atoms with Crippen molar-refractivity contribution >= 4 is 28.1 Å². The van der Waals surface area contributed by atoms with Gasteiger partial charge >= 0.3 is 0 Å². The van der Waals surface area contributed by atoms with E-state index in [2.05, 4.69) is 10.3 Å². The third kappa shape index (κ3) is 2.73. The van der Waals surface area contributed by atoms with Gasteiger partial charge in [-0.1, -0.05) is 24.3 Å². The van der Waals surface area contributed by atoms with E-state index in [1.807, 2.05) is 42.6 Å². The molecule has 2 heterocycles. The van der Waals surface area contributed by atoms with Gasteiger partial charge < -0.3 is 10.3 Å². The van der Waals surface area contributed by atoms with Crippen LogP contribution in [-0.2, 0) is 0 Å². The van der Waals surface area contributed by atoms with Crippen molar-refractivity contribution in [3.05, 3.63) is 68.6 Å². The summed E-state index contributed by atoms with van der Waals surface area (Å²) in [6.45, 7) is 1.93. The van der Waals surface area contributed by atoms with E-state index in [1.165, 1.54) is 6.07 Å². The highest BCUT2D eigenvalue weighted by molar-refractivity contribution is 7.10. The molecular weight excluding hydrogens is 284 g/mol. The van der Waals surface area contributed by atoms with Crippen LogP contribution in [0.1, 0.15) is 28.2 Å². The number of pyridine rings is 1. The fraction of sp³-hybridized carbons (Fsp3) is 0.125. The van der Waals surface area contributed by atoms with Gasteiger partial charge in [0.1, 0.15) is 0 Å². The summed E-state index contributed by atoms with van der Waals surface area (Å²) in [6.07, 6.45) is 0. The number of benzene rings is 1. The molecule has 3 aromatic rings. The van der Waals surface area contributed by atoms with Crippen LogP contribution in [0.5, 0.6) is 0 Å². The van der Waals surface area contributed by atoms with Crippen LogP contribution >= 0.6 is 11.3 Å². The Labute approximate surface area is 125 Å². The van der Waals surface area contributed by atoms with Gasteiger partial charge in [-0.25, -0.2) is 0 Å². The number of nitrogens with one attached hydrogen (secondary N) is 2. The van der Waals surface area contributed by atoms with E-state index in [1.54, 1.807) is 17.4 Å². The molecular formula is C16H14N2O2S. The highest BCUT2D eigenvalue weighted by atomic mass is 32.1. The predicted octanol–water partition coefficient (Wildman–Crippen LogP) is 3.08. The van der Waals surface area contributed by atoms with Crippen LogP contribution in [0.15, 0.2) is 52.6 Å². The number of hydrogen-bond donors (Lipinski definition) is 2. The zero-order valence-corrected chi connectivity index (χ0v) is 12.2. The maximum atomic E-state index is 12.5. The van der Waals surface area contributed by atoms with Gasteiger partial charge in [0.15, 0.2) is 0 Å². The molecule has 5 heteroatoms. The Morgan fingerprint density at radius 1 is 1.24 bits per heavy atom. The Morgan fingerprint density at radius 3 is 2.81 bits per heavy atom. The zero-order chi connectivity index (χ0) is 14.8. The van der Waals surface area contributed by atoms with Gasteiger partial charge in [-0.2, -0.15) is 0 Å². The van der Waals surface area contributed by atoms with Crippen LogP contribution in [0, 0.1) is 0 Å². The van der Waals surface area contributed by atoms with E-state index in [0.717, 1.165) is 10.3 Å². The smallest absolute Gasteiger partial charge is 0.252 e. The minimum atomic E-state index is -0.275. The van der Waals surface area contributed by atoms with Crippen LogP contribution in [0.4, 0.5) is 0 Å². The molecule has 0 unspecified atom stereocenters. The van der Waals surface area contributed by atoms with Gasteiger partial charge in [0.05, 0.1) is 11.6 Å². The number of aromatic amines is 1. The number of para-hydroxylation sites is 1. The molecule has 0 spiro atoms. The number of amides is 1. The lowest BCUT2D eigenvalue weighted by molar-refractivity contribution is 0.0942. The van der Waals surface area contributed by atoms with Crippen molar-refractivity contribution < 1.29 is 4.79 Å². The minimum absolute atomic E-state index is 0.0875. The molecule has 0 aliphatic heterocycles. The largest absolute Gasteiger partial charge is 0.345 e. The molecule has 2 N–H and O–H groups in total. The molecule has 0 aliphatic carbocycles. The second-order valence-corrected chi connectivity index (χ2v) is 5.78. The molecule has 1 atom stereocenters. The lowest BCUT2D eigenvalue weighted by Crippen LogP contribution is -2.27. The molecule has 0 saturated heterocycles. The van der Waals surface area contributed by atoms with Crippen molar-refractivity contribution in [3.8, 4) is 0 Å². The van der Waals surface area contributed by atoms with Crippen LogP contribution in [0.2, 0.25) is 0 Å². The summed E-state index contributed by atoms with van der Waals surface area (Å²) < 4.78 is 0. The van der Waals surface area contributed by atoms with E-state index in [9.17, 15) is 9.59 Å². The molecule has 106 valence electrons. The van der Waals surface area contributed by atoms with Crippen molar-refractivity contribution in [1.29, 1.82) is 0 Å². The Balaban J connectivity index is 1.96. The lowest BCUT2D eigenvalue weighted by atomic mass is 10.1. The molecule has 21 heavy (non-hydrogen) atoms. The maximum Gasteiger partial charge on any atom is 0.252 e. The van der Waals surface area contributed by atoms with E-state index in [0.29, 0.717) is 11.1 Å². The van der Waals surface area contributed by atoms with Crippen LogP contribution in [-0.4, -0.2) is 10.9 Å². The van der Waals surface area contributed by atoms with Crippen molar-refractivity contribution in [3.63, 3.8) is 0 Å². The summed E-state index contributed by atoms with van der Waals surface area (Å²) in [6, 6.07) is 12.5. The van der Waals surface area contributed by atoms with Gasteiger partial charge in [0, 0.05) is 21.8 Å². The Hall–Kier alpha value is -2.40. The van der Waals surface area contributed by atoms with E-state index in [-0.39, 0.29) is 17.5 Å². The molecule has 1 aromatic carbocycles. The van der Waals surface area contributed by atoms with Crippen molar-refractivity contribution in [1.82, 2.24) is 10.3 Å². The summed E-state index contributed by atoms with van der Waals surface area (Å²) >= 11 is 1.59. The number of H-pyrrole nitrogens is 1. The van der Waals surface area contributed by atoms with Crippen molar-refractivity contribution in [2.24, 2.45) is 0 Å². The SMILES string of the molecule is C[C@H](NC(=O)c1cc(=O)[nH]c2ccccc12)c1cccs1. The van der Waals surface area contributed by atoms with Gasteiger partial charge in [0.25, 0.3) is 5.91 Å². The summed E-state index contributed by atoms with van der Waals surface area (Å²) in [5.41, 5.74) is 0.791. The third-order valence-electron chi connectivity index (χ3n) is 3.31. The first-order chi connectivity index (χ1) is 10.1. The lowest BCUT2D eigenvalue weighted by Gasteiger charge is -2.13. The molecule has 4 nitrogen and oxygen atoms in total. The highest BCUT2D eigenvalue weighted by Crippen LogP contribution is 2.20. The Morgan fingerprint density at radius 2 is 2.05 bits per heavy atom. The van der Waals surface area contributed by atoms with Gasteiger partial charge in [-0.05, 0) is 24.4 Å². The highest BCUT2D eigenvalue weighted by Gasteiger charge is 2.15.